The number of hydrogen-bond acceptors (Lipinski definition) is 10. The molecule has 0 aromatic heterocycles. The molecule has 1 unspecified atom stereocenters. The van der Waals surface area contributed by atoms with Gasteiger partial charge in [-0.1, -0.05) is 12.8 Å². The van der Waals surface area contributed by atoms with Crippen LogP contribution in [0.2, 0.25) is 0 Å². The fraction of sp³-hybridized carbons (Fsp3) is 0.731. The van der Waals surface area contributed by atoms with E-state index >= 15 is 0 Å². The molecule has 5 fully saturated rings. The zero-order valence-corrected chi connectivity index (χ0v) is 23.0. The summed E-state index contributed by atoms with van der Waals surface area (Å²) in [6.07, 6.45) is 5.10. The van der Waals surface area contributed by atoms with Gasteiger partial charge in [0.25, 0.3) is 15.9 Å². The van der Waals surface area contributed by atoms with Crippen molar-refractivity contribution in [1.82, 2.24) is 10.3 Å². The number of fused-ring (bicyclic) bond motifs is 3. The first-order valence-corrected chi connectivity index (χ1v) is 15.2. The van der Waals surface area contributed by atoms with E-state index in [9.17, 15) is 13.2 Å². The second-order valence-corrected chi connectivity index (χ2v) is 12.5. The Morgan fingerprint density at radius 2 is 1.41 bits per heavy atom. The van der Waals surface area contributed by atoms with Gasteiger partial charge in [0.1, 0.15) is 18.3 Å². The molecule has 1 amide bonds. The molecule has 13 heteroatoms. The van der Waals surface area contributed by atoms with Crippen molar-refractivity contribution in [2.24, 2.45) is 0 Å². The molecule has 3 heterocycles. The first-order valence-electron chi connectivity index (χ1n) is 13.7. The highest BCUT2D eigenvalue weighted by atomic mass is 32.2. The molecule has 3 aliphatic heterocycles. The molecule has 216 valence electrons. The zero-order chi connectivity index (χ0) is 27.3. The van der Waals surface area contributed by atoms with Crippen LogP contribution in [-0.2, 0) is 38.5 Å². The molecule has 5 atom stereocenters. The van der Waals surface area contributed by atoms with Gasteiger partial charge >= 0.3 is 0 Å². The molecule has 5 aliphatic rings. The summed E-state index contributed by atoms with van der Waals surface area (Å²) in [6, 6.07) is 4.12. The van der Waals surface area contributed by atoms with Crippen molar-refractivity contribution in [3.63, 3.8) is 0 Å². The van der Waals surface area contributed by atoms with Crippen molar-refractivity contribution in [3.05, 3.63) is 18.2 Å². The third kappa shape index (κ3) is 5.03. The highest BCUT2D eigenvalue weighted by molar-refractivity contribution is 7.89. The van der Waals surface area contributed by atoms with Crippen LogP contribution in [0.25, 0.3) is 0 Å². The number of nitrogens with one attached hydrogen (secondary N) is 2. The van der Waals surface area contributed by atoms with E-state index in [0.717, 1.165) is 51.4 Å². The summed E-state index contributed by atoms with van der Waals surface area (Å²) < 4.78 is 68.2. The van der Waals surface area contributed by atoms with E-state index in [1.807, 2.05) is 0 Å². The van der Waals surface area contributed by atoms with Crippen molar-refractivity contribution in [2.45, 2.75) is 111 Å². The summed E-state index contributed by atoms with van der Waals surface area (Å²) in [6.45, 7) is 0. The maximum absolute atomic E-state index is 13.4. The molecule has 6 rings (SSSR count). The lowest BCUT2D eigenvalue weighted by atomic mass is 9.94. The summed E-state index contributed by atoms with van der Waals surface area (Å²) in [5, 5.41) is 0. The van der Waals surface area contributed by atoms with E-state index in [1.54, 1.807) is 0 Å². The van der Waals surface area contributed by atoms with Gasteiger partial charge < -0.3 is 33.2 Å². The van der Waals surface area contributed by atoms with E-state index in [-0.39, 0.29) is 10.6 Å². The van der Waals surface area contributed by atoms with Gasteiger partial charge in [0.05, 0.1) is 19.1 Å². The predicted molar refractivity (Wildman–Crippen MR) is 134 cm³/mol. The Morgan fingerprint density at radius 1 is 0.821 bits per heavy atom. The van der Waals surface area contributed by atoms with Crippen molar-refractivity contribution in [3.8, 4) is 11.5 Å². The molecule has 3 saturated heterocycles. The minimum Gasteiger partial charge on any atom is -0.493 e. The summed E-state index contributed by atoms with van der Waals surface area (Å²) in [4.78, 5) is 15.5. The van der Waals surface area contributed by atoms with E-state index in [2.05, 4.69) is 10.3 Å². The van der Waals surface area contributed by atoms with Crippen LogP contribution in [0.1, 0.15) is 64.2 Å². The Balaban J connectivity index is 1.21. The Kier molecular flexibility index (Phi) is 7.28. The number of hydrazine groups is 1. The van der Waals surface area contributed by atoms with Crippen molar-refractivity contribution in [1.29, 1.82) is 0 Å². The van der Waals surface area contributed by atoms with Crippen molar-refractivity contribution in [2.75, 3.05) is 14.2 Å². The van der Waals surface area contributed by atoms with Crippen LogP contribution in [0, 0.1) is 0 Å². The van der Waals surface area contributed by atoms with Gasteiger partial charge in [-0.2, -0.15) is 0 Å². The van der Waals surface area contributed by atoms with Gasteiger partial charge in [-0.05, 0) is 37.8 Å². The second-order valence-electron chi connectivity index (χ2n) is 10.8. The topological polar surface area (TPSA) is 140 Å². The molecule has 2 N–H and O–H groups in total. The standard InChI is InChI=1S/C26H36N2O10S/c1-32-17-10-9-16(15-18(17)33-2)39(30,31)28-27-23(29)21-19-20(36-25(35-19)11-5-3-6-12-25)22-24(34-21)38-26(37-22)13-7-4-8-14-26/h9-10,15,19-22,24,28H,3-8,11-14H2,1-2H3,(H,27,29)/t19-,20+,21?,22-,24-/m1/s1. The number of benzene rings is 1. The number of carbonyl (C=O) groups is 1. The van der Waals surface area contributed by atoms with Gasteiger partial charge in [-0.15, -0.1) is 4.83 Å². The zero-order valence-electron chi connectivity index (χ0n) is 22.2. The van der Waals surface area contributed by atoms with Crippen LogP contribution < -0.4 is 19.7 Å². The summed E-state index contributed by atoms with van der Waals surface area (Å²) in [5.74, 6) is -1.67. The normalized spacial score (nSPS) is 32.9. The van der Waals surface area contributed by atoms with Crippen LogP contribution >= 0.6 is 0 Å². The lowest BCUT2D eigenvalue weighted by molar-refractivity contribution is -0.247. The van der Waals surface area contributed by atoms with Crippen LogP contribution in [0.4, 0.5) is 0 Å². The van der Waals surface area contributed by atoms with Gasteiger partial charge in [-0.25, -0.2) is 8.42 Å². The van der Waals surface area contributed by atoms with E-state index in [4.69, 9.17) is 33.2 Å². The molecular formula is C26H36N2O10S. The molecule has 12 nitrogen and oxygen atoms in total. The van der Waals surface area contributed by atoms with Crippen LogP contribution in [0.5, 0.6) is 11.5 Å². The third-order valence-electron chi connectivity index (χ3n) is 8.34. The molecule has 0 bridgehead atoms. The molecule has 2 spiro atoms. The lowest BCUT2D eigenvalue weighted by Crippen LogP contribution is -2.61. The Morgan fingerprint density at radius 3 is 2.05 bits per heavy atom. The van der Waals surface area contributed by atoms with Gasteiger partial charge in [-0.3, -0.25) is 10.2 Å². The quantitative estimate of drug-likeness (QED) is 0.491. The Labute approximate surface area is 227 Å². The largest absolute Gasteiger partial charge is 0.493 e. The molecule has 1 aromatic rings. The molecule has 2 saturated carbocycles. The number of rotatable bonds is 6. The Bertz CT molecular complexity index is 1180. The Hall–Kier alpha value is -2.00. The lowest BCUT2D eigenvalue weighted by Gasteiger charge is -2.36. The van der Waals surface area contributed by atoms with Gasteiger partial charge in [0.15, 0.2) is 35.5 Å². The smallest absolute Gasteiger partial charge is 0.267 e. The van der Waals surface area contributed by atoms with Gasteiger partial charge in [0.2, 0.25) is 0 Å². The SMILES string of the molecule is COc1ccc(S(=O)(=O)NNC(=O)C2O[C@@H]3OC4(CCCCC4)O[C@@H]3[C@H]3OC4(CCCCC4)O[C@@H]23)cc1OC. The van der Waals surface area contributed by atoms with E-state index in [1.165, 1.54) is 32.4 Å². The molecule has 39 heavy (non-hydrogen) atoms. The first-order chi connectivity index (χ1) is 18.8. The second kappa shape index (κ2) is 10.4. The molecule has 0 radical (unpaired) electrons. The number of amides is 1. The number of sulfonamides is 1. The van der Waals surface area contributed by atoms with E-state index < -0.39 is 58.2 Å². The minimum absolute atomic E-state index is 0.115. The maximum Gasteiger partial charge on any atom is 0.267 e. The molecule has 1 aromatic carbocycles. The third-order valence-corrected chi connectivity index (χ3v) is 9.59. The molecular weight excluding hydrogens is 532 g/mol. The summed E-state index contributed by atoms with van der Waals surface area (Å²) in [5.41, 5.74) is 2.31. The maximum atomic E-state index is 13.4. The summed E-state index contributed by atoms with van der Waals surface area (Å²) in [7, 11) is -1.28. The number of methoxy groups -OCH3 is 2. The average Bonchev–Trinajstić information content (AvgIpc) is 3.49. The number of hydrogen-bond donors (Lipinski definition) is 2. The molecule has 2 aliphatic carbocycles. The fourth-order valence-electron chi connectivity index (χ4n) is 6.40. The fourth-order valence-corrected chi connectivity index (χ4v) is 7.26. The van der Waals surface area contributed by atoms with Gasteiger partial charge in [0, 0.05) is 31.7 Å². The van der Waals surface area contributed by atoms with Crippen LogP contribution in [0.15, 0.2) is 23.1 Å². The minimum atomic E-state index is -4.14. The van der Waals surface area contributed by atoms with Crippen molar-refractivity contribution >= 4 is 15.9 Å². The highest BCUT2D eigenvalue weighted by Gasteiger charge is 2.65. The van der Waals surface area contributed by atoms with Crippen LogP contribution in [0.3, 0.4) is 0 Å². The highest BCUT2D eigenvalue weighted by Crippen LogP contribution is 2.51. The number of carbonyl (C=O) groups excluding carboxylic acids is 1. The number of ether oxygens (including phenoxy) is 7. The first kappa shape index (κ1) is 27.2. The monoisotopic (exact) mass is 568 g/mol. The van der Waals surface area contributed by atoms with Crippen LogP contribution in [-0.4, -0.2) is 70.8 Å². The summed E-state index contributed by atoms with van der Waals surface area (Å²) >= 11 is 0. The predicted octanol–water partition coefficient (Wildman–Crippen LogP) is 2.26. The average molecular weight is 569 g/mol. The van der Waals surface area contributed by atoms with E-state index in [0.29, 0.717) is 18.6 Å². The van der Waals surface area contributed by atoms with Crippen molar-refractivity contribution < 1.29 is 46.4 Å².